The first-order chi connectivity index (χ1) is 14.9. The first-order valence-corrected chi connectivity index (χ1v) is 11.4. The van der Waals surface area contributed by atoms with Crippen molar-refractivity contribution >= 4 is 17.7 Å². The van der Waals surface area contributed by atoms with Crippen molar-refractivity contribution in [2.75, 3.05) is 25.2 Å². The fourth-order valence-electron chi connectivity index (χ4n) is 2.57. The van der Waals surface area contributed by atoms with Gasteiger partial charge in [0.25, 0.3) is 0 Å². The normalized spacial score (nSPS) is 10.2. The van der Waals surface area contributed by atoms with E-state index in [-0.39, 0.29) is 6.61 Å². The minimum atomic E-state index is -0.960. The van der Waals surface area contributed by atoms with E-state index in [0.29, 0.717) is 11.6 Å². The quantitative estimate of drug-likeness (QED) is 0.434. The molecule has 1 N–H and O–H groups in total. The third-order valence-corrected chi connectivity index (χ3v) is 5.01. The minimum Gasteiger partial charge on any atom is -0.494 e. The third kappa shape index (κ3) is 8.38. The van der Waals surface area contributed by atoms with E-state index in [2.05, 4.69) is 11.2 Å². The number of thioether (sulfide) groups is 1. The molecule has 0 fully saturated rings. The summed E-state index contributed by atoms with van der Waals surface area (Å²) >= 11 is 1.84. The van der Waals surface area contributed by atoms with Gasteiger partial charge in [-0.2, -0.15) is 11.8 Å². The SMILES string of the molecule is CSCCCOc1cccc(-c2nc(C)c(C)o2)c1.Cc1ccccc1OCC(=O)O. The van der Waals surface area contributed by atoms with Crippen LogP contribution >= 0.6 is 11.8 Å². The summed E-state index contributed by atoms with van der Waals surface area (Å²) in [5.41, 5.74) is 2.83. The van der Waals surface area contributed by atoms with Gasteiger partial charge in [0.2, 0.25) is 5.89 Å². The Labute approximate surface area is 187 Å². The maximum Gasteiger partial charge on any atom is 0.341 e. The summed E-state index contributed by atoms with van der Waals surface area (Å²) in [7, 11) is 0. The van der Waals surface area contributed by atoms with Crippen molar-refractivity contribution in [2.24, 2.45) is 0 Å². The Morgan fingerprint density at radius 2 is 1.87 bits per heavy atom. The zero-order valence-electron chi connectivity index (χ0n) is 18.4. The summed E-state index contributed by atoms with van der Waals surface area (Å²) < 4.78 is 16.4. The van der Waals surface area contributed by atoms with Gasteiger partial charge >= 0.3 is 5.97 Å². The summed E-state index contributed by atoms with van der Waals surface area (Å²) in [6, 6.07) is 15.2. The lowest BCUT2D eigenvalue weighted by Gasteiger charge is -2.06. The number of hydrogen-bond acceptors (Lipinski definition) is 6. The molecule has 0 aliphatic carbocycles. The molecule has 0 radical (unpaired) electrons. The van der Waals surface area contributed by atoms with Gasteiger partial charge in [0.1, 0.15) is 17.3 Å². The van der Waals surface area contributed by atoms with E-state index in [4.69, 9.17) is 19.0 Å². The molecule has 166 valence electrons. The zero-order chi connectivity index (χ0) is 22.6. The molecule has 0 aliphatic rings. The number of rotatable bonds is 9. The smallest absolute Gasteiger partial charge is 0.341 e. The number of para-hydroxylation sites is 1. The lowest BCUT2D eigenvalue weighted by Crippen LogP contribution is -2.09. The Morgan fingerprint density at radius 1 is 1.10 bits per heavy atom. The second-order valence-electron chi connectivity index (χ2n) is 6.83. The van der Waals surface area contributed by atoms with Crippen molar-refractivity contribution in [1.29, 1.82) is 0 Å². The van der Waals surface area contributed by atoms with Crippen LogP contribution in [0.3, 0.4) is 0 Å². The minimum absolute atomic E-state index is 0.287. The Kier molecular flexibility index (Phi) is 9.97. The summed E-state index contributed by atoms with van der Waals surface area (Å²) in [6.07, 6.45) is 3.16. The first kappa shape index (κ1) is 24.3. The average Bonchev–Trinajstić information content (AvgIpc) is 3.10. The second-order valence-corrected chi connectivity index (χ2v) is 7.82. The molecule has 1 aromatic heterocycles. The molecule has 3 aromatic rings. The molecule has 0 unspecified atom stereocenters. The highest BCUT2D eigenvalue weighted by molar-refractivity contribution is 7.98. The number of aromatic nitrogens is 1. The molecule has 0 spiro atoms. The number of aliphatic carboxylic acids is 1. The van der Waals surface area contributed by atoms with Crippen LogP contribution in [-0.2, 0) is 4.79 Å². The van der Waals surface area contributed by atoms with Crippen LogP contribution in [0, 0.1) is 20.8 Å². The van der Waals surface area contributed by atoms with Crippen LogP contribution in [0.1, 0.15) is 23.4 Å². The predicted octanol–water partition coefficient (Wildman–Crippen LogP) is 5.55. The second kappa shape index (κ2) is 12.7. The van der Waals surface area contributed by atoms with Gasteiger partial charge in [-0.15, -0.1) is 0 Å². The highest BCUT2D eigenvalue weighted by Crippen LogP contribution is 2.25. The monoisotopic (exact) mass is 443 g/mol. The molecule has 0 atom stereocenters. The lowest BCUT2D eigenvalue weighted by atomic mass is 10.2. The van der Waals surface area contributed by atoms with Crippen LogP contribution in [0.15, 0.2) is 52.9 Å². The Hall–Kier alpha value is -2.93. The Balaban J connectivity index is 0.000000245. The number of ether oxygens (including phenoxy) is 2. The highest BCUT2D eigenvalue weighted by Gasteiger charge is 2.08. The van der Waals surface area contributed by atoms with Crippen LogP contribution in [0.4, 0.5) is 0 Å². The lowest BCUT2D eigenvalue weighted by molar-refractivity contribution is -0.139. The van der Waals surface area contributed by atoms with E-state index in [1.165, 1.54) is 0 Å². The van der Waals surface area contributed by atoms with E-state index in [9.17, 15) is 4.79 Å². The van der Waals surface area contributed by atoms with E-state index >= 15 is 0 Å². The van der Waals surface area contributed by atoms with Crippen molar-refractivity contribution in [1.82, 2.24) is 4.98 Å². The maximum absolute atomic E-state index is 10.2. The average molecular weight is 444 g/mol. The summed E-state index contributed by atoms with van der Waals surface area (Å²) in [5, 5.41) is 8.34. The zero-order valence-corrected chi connectivity index (χ0v) is 19.2. The topological polar surface area (TPSA) is 81.8 Å². The molecular formula is C24H29NO5S. The van der Waals surface area contributed by atoms with Crippen LogP contribution in [-0.4, -0.2) is 41.3 Å². The number of hydrogen-bond donors (Lipinski definition) is 1. The molecule has 6 nitrogen and oxygen atoms in total. The number of carboxylic acids is 1. The molecule has 0 aliphatic heterocycles. The maximum atomic E-state index is 10.2. The molecule has 1 heterocycles. The third-order valence-electron chi connectivity index (χ3n) is 4.32. The first-order valence-electron chi connectivity index (χ1n) is 9.97. The van der Waals surface area contributed by atoms with Crippen molar-refractivity contribution in [3.8, 4) is 23.0 Å². The van der Waals surface area contributed by atoms with Crippen molar-refractivity contribution in [3.63, 3.8) is 0 Å². The van der Waals surface area contributed by atoms with Gasteiger partial charge in [-0.1, -0.05) is 24.3 Å². The van der Waals surface area contributed by atoms with Gasteiger partial charge in [0.05, 0.1) is 12.3 Å². The van der Waals surface area contributed by atoms with Gasteiger partial charge in [0, 0.05) is 5.56 Å². The van der Waals surface area contributed by atoms with Crippen molar-refractivity contribution < 1.29 is 23.8 Å². The fourth-order valence-corrected chi connectivity index (χ4v) is 2.97. The number of nitrogens with zero attached hydrogens (tertiary/aromatic N) is 1. The molecule has 2 aromatic carbocycles. The summed E-state index contributed by atoms with van der Waals surface area (Å²) in [6.45, 7) is 6.20. The van der Waals surface area contributed by atoms with Gasteiger partial charge in [-0.05, 0) is 69.0 Å². The molecule has 0 bridgehead atoms. The number of benzene rings is 2. The van der Waals surface area contributed by atoms with Crippen LogP contribution in [0.5, 0.6) is 11.5 Å². The molecule has 0 saturated heterocycles. The largest absolute Gasteiger partial charge is 0.494 e. The standard InChI is InChI=1S/C15H19NO2S.C9H10O3/c1-11-12(2)18-15(16-11)13-6-4-7-14(10-13)17-8-5-9-19-3;1-7-4-2-3-5-8(7)12-6-9(10)11/h4,6-7,10H,5,8-9H2,1-3H3;2-5H,6H2,1H3,(H,10,11). The number of aryl methyl sites for hydroxylation is 3. The molecule has 3 rings (SSSR count). The van der Waals surface area contributed by atoms with Gasteiger partial charge in [-0.25, -0.2) is 9.78 Å². The predicted molar refractivity (Wildman–Crippen MR) is 124 cm³/mol. The van der Waals surface area contributed by atoms with Gasteiger partial charge in [-0.3, -0.25) is 0 Å². The summed E-state index contributed by atoms with van der Waals surface area (Å²) in [5.74, 6) is 3.17. The van der Waals surface area contributed by atoms with E-state index in [0.717, 1.165) is 47.1 Å². The van der Waals surface area contributed by atoms with E-state index < -0.39 is 5.97 Å². The van der Waals surface area contributed by atoms with E-state index in [1.807, 2.05) is 75.0 Å². The van der Waals surface area contributed by atoms with Gasteiger partial charge in [0.15, 0.2) is 6.61 Å². The molecule has 31 heavy (non-hydrogen) atoms. The fraction of sp³-hybridized carbons (Fsp3) is 0.333. The Morgan fingerprint density at radius 3 is 2.52 bits per heavy atom. The molecule has 0 amide bonds. The Bertz CT molecular complexity index is 951. The van der Waals surface area contributed by atoms with Gasteiger partial charge < -0.3 is 19.0 Å². The van der Waals surface area contributed by atoms with Crippen molar-refractivity contribution in [3.05, 3.63) is 65.5 Å². The van der Waals surface area contributed by atoms with Crippen LogP contribution < -0.4 is 9.47 Å². The number of carboxylic acid groups (broad SMARTS) is 1. The highest BCUT2D eigenvalue weighted by atomic mass is 32.2. The number of carbonyl (C=O) groups is 1. The summed E-state index contributed by atoms with van der Waals surface area (Å²) in [4.78, 5) is 14.6. The molecule has 0 saturated carbocycles. The van der Waals surface area contributed by atoms with Crippen LogP contribution in [0.25, 0.3) is 11.5 Å². The molecule has 7 heteroatoms. The van der Waals surface area contributed by atoms with Crippen molar-refractivity contribution in [2.45, 2.75) is 27.2 Å². The number of oxazole rings is 1. The molecular weight excluding hydrogens is 414 g/mol. The van der Waals surface area contributed by atoms with E-state index in [1.54, 1.807) is 6.07 Å². The van der Waals surface area contributed by atoms with Crippen LogP contribution in [0.2, 0.25) is 0 Å².